The summed E-state index contributed by atoms with van der Waals surface area (Å²) < 4.78 is 0. The second kappa shape index (κ2) is 9.86. The molecule has 0 unspecified atom stereocenters. The van der Waals surface area contributed by atoms with E-state index in [4.69, 9.17) is 0 Å². The summed E-state index contributed by atoms with van der Waals surface area (Å²) in [7, 11) is 0. The maximum Gasteiger partial charge on any atom is 0.227 e. The van der Waals surface area contributed by atoms with Crippen LogP contribution in [0.25, 0.3) is 0 Å². The van der Waals surface area contributed by atoms with Gasteiger partial charge in [0.05, 0.1) is 5.92 Å². The Morgan fingerprint density at radius 3 is 2.50 bits per heavy atom. The fraction of sp³-hybridized carbons (Fsp3) is 0.261. The van der Waals surface area contributed by atoms with Gasteiger partial charge in [0, 0.05) is 37.9 Å². The van der Waals surface area contributed by atoms with Crippen molar-refractivity contribution in [2.75, 3.05) is 35.2 Å². The molecule has 3 heterocycles. The van der Waals surface area contributed by atoms with E-state index in [9.17, 15) is 9.59 Å². The first-order valence-electron chi connectivity index (χ1n) is 10.5. The number of aromatic nitrogens is 3. The van der Waals surface area contributed by atoms with Crippen molar-refractivity contribution >= 4 is 35.0 Å². The lowest BCUT2D eigenvalue weighted by Crippen LogP contribution is -2.35. The summed E-state index contributed by atoms with van der Waals surface area (Å²) in [5, 5.41) is 17.3. The Hall–Kier alpha value is -4.01. The van der Waals surface area contributed by atoms with Crippen molar-refractivity contribution in [3.8, 4) is 0 Å². The van der Waals surface area contributed by atoms with Crippen LogP contribution in [-0.4, -0.2) is 46.6 Å². The van der Waals surface area contributed by atoms with Crippen LogP contribution in [0.3, 0.4) is 0 Å². The topological polar surface area (TPSA) is 112 Å². The van der Waals surface area contributed by atoms with Gasteiger partial charge >= 0.3 is 0 Å². The fourth-order valence-electron chi connectivity index (χ4n) is 3.44. The molecule has 2 amide bonds. The fourth-order valence-corrected chi connectivity index (χ4v) is 3.44. The molecular formula is C23H25N7O2. The molecular weight excluding hydrogens is 406 g/mol. The lowest BCUT2D eigenvalue weighted by Gasteiger charge is -2.17. The van der Waals surface area contributed by atoms with E-state index in [1.165, 1.54) is 0 Å². The molecule has 1 aliphatic heterocycles. The molecule has 3 N–H and O–H groups in total. The number of benzene rings is 1. The standard InChI is InChI=1S/C23H25N7O2/c1-16-5-7-18(8-6-16)30-15-17(14-22(30)31)23(32)26-13-12-25-20-9-10-21(29-28-20)27-19-4-2-3-11-24-19/h2-11,17H,12-15H2,1H3,(H,25,28)(H,26,32)(H,24,27,29)/t17-/m0/s1. The van der Waals surface area contributed by atoms with Crippen molar-refractivity contribution in [3.63, 3.8) is 0 Å². The molecule has 3 aromatic rings. The quantitative estimate of drug-likeness (QED) is 0.470. The molecule has 32 heavy (non-hydrogen) atoms. The van der Waals surface area contributed by atoms with Crippen LogP contribution in [0.2, 0.25) is 0 Å². The molecule has 0 spiro atoms. The van der Waals surface area contributed by atoms with Gasteiger partial charge in [0.1, 0.15) is 11.6 Å². The van der Waals surface area contributed by atoms with Crippen LogP contribution in [-0.2, 0) is 9.59 Å². The summed E-state index contributed by atoms with van der Waals surface area (Å²) in [6.07, 6.45) is 1.92. The third-order valence-electron chi connectivity index (χ3n) is 5.16. The average molecular weight is 432 g/mol. The van der Waals surface area contributed by atoms with Crippen molar-refractivity contribution in [3.05, 3.63) is 66.4 Å². The number of pyridine rings is 1. The van der Waals surface area contributed by atoms with E-state index >= 15 is 0 Å². The van der Waals surface area contributed by atoms with Crippen LogP contribution in [0, 0.1) is 12.8 Å². The summed E-state index contributed by atoms with van der Waals surface area (Å²) in [5.74, 6) is 1.40. The van der Waals surface area contributed by atoms with Crippen LogP contribution in [0.15, 0.2) is 60.8 Å². The molecule has 9 nitrogen and oxygen atoms in total. The zero-order valence-corrected chi connectivity index (χ0v) is 17.8. The van der Waals surface area contributed by atoms with E-state index in [1.807, 2.05) is 49.4 Å². The highest BCUT2D eigenvalue weighted by atomic mass is 16.2. The summed E-state index contributed by atoms with van der Waals surface area (Å²) >= 11 is 0. The van der Waals surface area contributed by atoms with Gasteiger partial charge in [-0.3, -0.25) is 9.59 Å². The average Bonchev–Trinajstić information content (AvgIpc) is 3.20. The summed E-state index contributed by atoms with van der Waals surface area (Å²) in [6.45, 7) is 3.32. The van der Waals surface area contributed by atoms with Crippen LogP contribution in [0.1, 0.15) is 12.0 Å². The number of hydrogen-bond donors (Lipinski definition) is 3. The van der Waals surface area contributed by atoms with Gasteiger partial charge in [0.2, 0.25) is 11.8 Å². The van der Waals surface area contributed by atoms with Crippen LogP contribution in [0.5, 0.6) is 0 Å². The number of nitrogens with one attached hydrogen (secondary N) is 3. The van der Waals surface area contributed by atoms with Gasteiger partial charge in [-0.2, -0.15) is 0 Å². The predicted molar refractivity (Wildman–Crippen MR) is 123 cm³/mol. The Kier molecular flexibility index (Phi) is 6.54. The zero-order valence-electron chi connectivity index (χ0n) is 17.8. The molecule has 1 saturated heterocycles. The van der Waals surface area contributed by atoms with Crippen LogP contribution >= 0.6 is 0 Å². The van der Waals surface area contributed by atoms with Crippen LogP contribution < -0.4 is 20.9 Å². The van der Waals surface area contributed by atoms with Gasteiger partial charge in [-0.15, -0.1) is 10.2 Å². The number of nitrogens with zero attached hydrogens (tertiary/aromatic N) is 4. The predicted octanol–water partition coefficient (Wildman–Crippen LogP) is 2.50. The first kappa shape index (κ1) is 21.2. The molecule has 1 atom stereocenters. The van der Waals surface area contributed by atoms with Crippen molar-refractivity contribution in [1.29, 1.82) is 0 Å². The van der Waals surface area contributed by atoms with Crippen molar-refractivity contribution < 1.29 is 9.59 Å². The van der Waals surface area contributed by atoms with E-state index in [0.717, 1.165) is 11.3 Å². The Labute approximate surface area is 186 Å². The van der Waals surface area contributed by atoms with Gasteiger partial charge in [0.15, 0.2) is 5.82 Å². The molecule has 164 valence electrons. The number of hydrogen-bond acceptors (Lipinski definition) is 7. The van der Waals surface area contributed by atoms with E-state index < -0.39 is 0 Å². The number of anilines is 4. The third kappa shape index (κ3) is 5.37. The molecule has 0 aliphatic carbocycles. The Bertz CT molecular complexity index is 1060. The van der Waals surface area contributed by atoms with Gasteiger partial charge in [-0.25, -0.2) is 4.98 Å². The van der Waals surface area contributed by atoms with Crippen molar-refractivity contribution in [1.82, 2.24) is 20.5 Å². The van der Waals surface area contributed by atoms with Gasteiger partial charge < -0.3 is 20.9 Å². The molecule has 2 aromatic heterocycles. The second-order valence-corrected chi connectivity index (χ2v) is 7.60. The van der Waals surface area contributed by atoms with Gasteiger partial charge in [-0.05, 0) is 43.3 Å². The number of rotatable bonds is 8. The molecule has 0 radical (unpaired) electrons. The van der Waals surface area contributed by atoms with Gasteiger partial charge in [0.25, 0.3) is 0 Å². The highest BCUT2D eigenvalue weighted by Gasteiger charge is 2.34. The Morgan fingerprint density at radius 2 is 1.78 bits per heavy atom. The highest BCUT2D eigenvalue weighted by molar-refractivity contribution is 6.00. The van der Waals surface area contributed by atoms with E-state index in [1.54, 1.807) is 23.2 Å². The molecule has 0 saturated carbocycles. The van der Waals surface area contributed by atoms with E-state index in [-0.39, 0.29) is 24.2 Å². The molecule has 4 rings (SSSR count). The minimum atomic E-state index is -0.347. The largest absolute Gasteiger partial charge is 0.367 e. The number of carbonyl (C=O) groups is 2. The molecule has 1 fully saturated rings. The normalized spacial score (nSPS) is 15.5. The highest BCUT2D eigenvalue weighted by Crippen LogP contribution is 2.25. The SMILES string of the molecule is Cc1ccc(N2C[C@@H](C(=O)NCCNc3ccc(Nc4ccccn4)nn3)CC2=O)cc1. The second-order valence-electron chi connectivity index (χ2n) is 7.60. The smallest absolute Gasteiger partial charge is 0.227 e. The summed E-state index contributed by atoms with van der Waals surface area (Å²) in [4.78, 5) is 30.7. The number of amides is 2. The maximum atomic E-state index is 12.5. The lowest BCUT2D eigenvalue weighted by molar-refractivity contribution is -0.126. The monoisotopic (exact) mass is 431 g/mol. The summed E-state index contributed by atoms with van der Waals surface area (Å²) in [5.41, 5.74) is 1.96. The van der Waals surface area contributed by atoms with Crippen molar-refractivity contribution in [2.24, 2.45) is 5.92 Å². The molecule has 1 aliphatic rings. The van der Waals surface area contributed by atoms with Crippen molar-refractivity contribution in [2.45, 2.75) is 13.3 Å². The lowest BCUT2D eigenvalue weighted by atomic mass is 10.1. The van der Waals surface area contributed by atoms with E-state index in [2.05, 4.69) is 31.1 Å². The minimum Gasteiger partial charge on any atom is -0.367 e. The maximum absolute atomic E-state index is 12.5. The van der Waals surface area contributed by atoms with E-state index in [0.29, 0.717) is 37.1 Å². The number of aryl methyl sites for hydroxylation is 1. The van der Waals surface area contributed by atoms with Gasteiger partial charge in [-0.1, -0.05) is 23.8 Å². The zero-order chi connectivity index (χ0) is 22.3. The third-order valence-corrected chi connectivity index (χ3v) is 5.16. The van der Waals surface area contributed by atoms with Crippen LogP contribution in [0.4, 0.5) is 23.1 Å². The minimum absolute atomic E-state index is 0.0261. The molecule has 0 bridgehead atoms. The number of carbonyl (C=O) groups excluding carboxylic acids is 2. The first-order chi connectivity index (χ1) is 15.6. The Balaban J connectivity index is 1.20. The first-order valence-corrected chi connectivity index (χ1v) is 10.5. The summed E-state index contributed by atoms with van der Waals surface area (Å²) in [6, 6.07) is 16.9. The molecule has 1 aromatic carbocycles. The molecule has 9 heteroatoms. The Morgan fingerprint density at radius 1 is 1.00 bits per heavy atom.